The molecule has 0 aliphatic carbocycles. The molecule has 4 rings (SSSR count). The Morgan fingerprint density at radius 2 is 2.00 bits per heavy atom. The number of amides is 1. The van der Waals surface area contributed by atoms with Crippen LogP contribution in [0.1, 0.15) is 12.8 Å². The minimum Gasteiger partial charge on any atom is -0.382 e. The van der Waals surface area contributed by atoms with Crippen LogP contribution in [0.2, 0.25) is 5.02 Å². The molecule has 9 nitrogen and oxygen atoms in total. The second-order valence-electron chi connectivity index (χ2n) is 6.23. The summed E-state index contributed by atoms with van der Waals surface area (Å²) in [7, 11) is 0. The number of fused-ring (bicyclic) bond motifs is 1. The number of nitrogens with zero attached hydrogens (tertiary/aromatic N) is 6. The van der Waals surface area contributed by atoms with Crippen LogP contribution in [-0.2, 0) is 4.79 Å². The Labute approximate surface area is 154 Å². The van der Waals surface area contributed by atoms with Crippen molar-refractivity contribution in [3.05, 3.63) is 29.8 Å². The van der Waals surface area contributed by atoms with Gasteiger partial charge in [0.2, 0.25) is 5.91 Å². The van der Waals surface area contributed by atoms with Crippen molar-refractivity contribution in [3.63, 3.8) is 0 Å². The van der Waals surface area contributed by atoms with E-state index in [1.54, 1.807) is 6.20 Å². The van der Waals surface area contributed by atoms with Gasteiger partial charge in [-0.3, -0.25) is 4.79 Å². The van der Waals surface area contributed by atoms with E-state index in [1.165, 1.54) is 17.0 Å². The van der Waals surface area contributed by atoms with Crippen LogP contribution in [0.5, 0.6) is 0 Å². The number of hydrogen-bond donors (Lipinski definition) is 2. The van der Waals surface area contributed by atoms with Gasteiger partial charge in [-0.05, 0) is 12.8 Å². The molecular formula is C16H17ClN8O. The van der Waals surface area contributed by atoms with Crippen molar-refractivity contribution in [3.8, 4) is 11.3 Å². The molecule has 0 aromatic carbocycles. The van der Waals surface area contributed by atoms with E-state index in [0.29, 0.717) is 53.7 Å². The molecule has 3 aromatic heterocycles. The molecule has 0 radical (unpaired) electrons. The molecule has 1 aliphatic heterocycles. The van der Waals surface area contributed by atoms with E-state index in [2.05, 4.69) is 25.0 Å². The Kier molecular flexibility index (Phi) is 4.08. The Morgan fingerprint density at radius 1 is 1.23 bits per heavy atom. The Bertz CT molecular complexity index is 980. The second kappa shape index (κ2) is 6.41. The quantitative estimate of drug-likeness (QED) is 0.704. The molecule has 26 heavy (non-hydrogen) atoms. The topological polar surface area (TPSA) is 128 Å². The molecule has 0 bridgehead atoms. The zero-order chi connectivity index (χ0) is 18.3. The van der Waals surface area contributed by atoms with E-state index < -0.39 is 0 Å². The van der Waals surface area contributed by atoms with Gasteiger partial charge in [0.05, 0.1) is 22.5 Å². The molecule has 4 heterocycles. The van der Waals surface area contributed by atoms with Crippen molar-refractivity contribution in [1.82, 2.24) is 24.6 Å². The highest BCUT2D eigenvalue weighted by Crippen LogP contribution is 2.30. The molecular weight excluding hydrogens is 356 g/mol. The Morgan fingerprint density at radius 3 is 2.73 bits per heavy atom. The molecule has 0 unspecified atom stereocenters. The first kappa shape index (κ1) is 16.5. The van der Waals surface area contributed by atoms with Gasteiger partial charge in [0.25, 0.3) is 0 Å². The smallest absolute Gasteiger partial charge is 0.220 e. The first-order valence-corrected chi connectivity index (χ1v) is 8.57. The summed E-state index contributed by atoms with van der Waals surface area (Å²) in [6, 6.07) is 1.86. The van der Waals surface area contributed by atoms with Crippen LogP contribution in [-0.4, -0.2) is 43.6 Å². The van der Waals surface area contributed by atoms with Gasteiger partial charge in [0, 0.05) is 31.3 Å². The largest absolute Gasteiger partial charge is 0.382 e. The number of halogens is 1. The predicted molar refractivity (Wildman–Crippen MR) is 97.6 cm³/mol. The van der Waals surface area contributed by atoms with Crippen LogP contribution in [0.4, 0.5) is 11.6 Å². The van der Waals surface area contributed by atoms with Crippen LogP contribution >= 0.6 is 11.6 Å². The zero-order valence-corrected chi connectivity index (χ0v) is 14.6. The average molecular weight is 373 g/mol. The number of nitrogens with two attached hydrogens (primary N) is 2. The molecule has 1 fully saturated rings. The molecule has 134 valence electrons. The SMILES string of the molecule is NC(=O)C1CCN(c2cc(-c3c(N)nn4cc(Cl)cnc34)ncn2)CC1. The molecule has 10 heteroatoms. The third-order valence-electron chi connectivity index (χ3n) is 4.60. The van der Waals surface area contributed by atoms with Gasteiger partial charge in [-0.2, -0.15) is 0 Å². The minimum atomic E-state index is -0.239. The fourth-order valence-electron chi connectivity index (χ4n) is 3.22. The lowest BCUT2D eigenvalue weighted by atomic mass is 9.96. The monoisotopic (exact) mass is 372 g/mol. The third kappa shape index (κ3) is 2.90. The molecule has 4 N–H and O–H groups in total. The van der Waals surface area contributed by atoms with Crippen LogP contribution in [0.25, 0.3) is 16.9 Å². The third-order valence-corrected chi connectivity index (χ3v) is 4.79. The summed E-state index contributed by atoms with van der Waals surface area (Å²) in [6.45, 7) is 1.42. The number of primary amides is 1. The van der Waals surface area contributed by atoms with Gasteiger partial charge in [-0.15, -0.1) is 5.10 Å². The molecule has 0 atom stereocenters. The standard InChI is InChI=1S/C16H17ClN8O/c17-10-6-20-16-13(14(18)23-25(16)7-10)11-5-12(22-8-21-11)24-3-1-9(2-4-24)15(19)26/h5-9H,1-4H2,(H2,18,23)(H2,19,26). The number of carbonyl (C=O) groups is 1. The van der Waals surface area contributed by atoms with E-state index in [1.807, 2.05) is 6.07 Å². The van der Waals surface area contributed by atoms with E-state index in [-0.39, 0.29) is 11.8 Å². The summed E-state index contributed by atoms with van der Waals surface area (Å²) >= 11 is 5.96. The van der Waals surface area contributed by atoms with Crippen LogP contribution in [0.15, 0.2) is 24.8 Å². The zero-order valence-electron chi connectivity index (χ0n) is 13.8. The molecule has 1 amide bonds. The second-order valence-corrected chi connectivity index (χ2v) is 6.66. The lowest BCUT2D eigenvalue weighted by Gasteiger charge is -2.31. The summed E-state index contributed by atoms with van der Waals surface area (Å²) in [5, 5.41) is 4.71. The van der Waals surface area contributed by atoms with Crippen molar-refractivity contribution in [2.75, 3.05) is 23.7 Å². The van der Waals surface area contributed by atoms with Crippen molar-refractivity contribution >= 4 is 34.8 Å². The first-order valence-electron chi connectivity index (χ1n) is 8.19. The number of aromatic nitrogens is 5. The van der Waals surface area contributed by atoms with Crippen molar-refractivity contribution in [2.24, 2.45) is 11.7 Å². The summed E-state index contributed by atoms with van der Waals surface area (Å²) < 4.78 is 1.53. The normalized spacial score (nSPS) is 15.5. The highest BCUT2D eigenvalue weighted by Gasteiger charge is 2.24. The molecule has 0 saturated carbocycles. The van der Waals surface area contributed by atoms with Crippen molar-refractivity contribution in [1.29, 1.82) is 0 Å². The fourth-order valence-corrected chi connectivity index (χ4v) is 3.37. The van der Waals surface area contributed by atoms with Gasteiger partial charge in [-0.1, -0.05) is 11.6 Å². The number of piperidine rings is 1. The number of anilines is 2. The highest BCUT2D eigenvalue weighted by atomic mass is 35.5. The molecule has 1 saturated heterocycles. The minimum absolute atomic E-state index is 0.0724. The predicted octanol–water partition coefficient (Wildman–Crippen LogP) is 1.12. The van der Waals surface area contributed by atoms with E-state index >= 15 is 0 Å². The maximum Gasteiger partial charge on any atom is 0.220 e. The van der Waals surface area contributed by atoms with Crippen molar-refractivity contribution < 1.29 is 4.79 Å². The number of nitrogen functional groups attached to an aromatic ring is 1. The lowest BCUT2D eigenvalue weighted by Crippen LogP contribution is -2.38. The van der Waals surface area contributed by atoms with Crippen LogP contribution in [0, 0.1) is 5.92 Å². The molecule has 0 spiro atoms. The molecule has 3 aromatic rings. The highest BCUT2D eigenvalue weighted by molar-refractivity contribution is 6.30. The van der Waals surface area contributed by atoms with Gasteiger partial charge < -0.3 is 16.4 Å². The van der Waals surface area contributed by atoms with Gasteiger partial charge in [-0.25, -0.2) is 19.5 Å². The summed E-state index contributed by atoms with van der Waals surface area (Å²) in [5.41, 5.74) is 13.3. The Hall–Kier alpha value is -2.94. The number of hydrogen-bond acceptors (Lipinski definition) is 7. The van der Waals surface area contributed by atoms with E-state index in [9.17, 15) is 4.79 Å². The van der Waals surface area contributed by atoms with Gasteiger partial charge in [0.1, 0.15) is 12.1 Å². The van der Waals surface area contributed by atoms with Crippen LogP contribution in [0.3, 0.4) is 0 Å². The lowest BCUT2D eigenvalue weighted by molar-refractivity contribution is -0.122. The van der Waals surface area contributed by atoms with Crippen LogP contribution < -0.4 is 16.4 Å². The summed E-state index contributed by atoms with van der Waals surface area (Å²) in [5.74, 6) is 0.774. The number of carbonyl (C=O) groups excluding carboxylic acids is 1. The Balaban J connectivity index is 1.67. The van der Waals surface area contributed by atoms with E-state index in [4.69, 9.17) is 23.1 Å². The maximum absolute atomic E-state index is 11.3. The average Bonchev–Trinajstić information content (AvgIpc) is 2.96. The molecule has 1 aliphatic rings. The summed E-state index contributed by atoms with van der Waals surface area (Å²) in [6.07, 6.45) is 6.10. The van der Waals surface area contributed by atoms with Crippen molar-refractivity contribution in [2.45, 2.75) is 12.8 Å². The van der Waals surface area contributed by atoms with E-state index in [0.717, 1.165) is 5.82 Å². The van der Waals surface area contributed by atoms with Gasteiger partial charge >= 0.3 is 0 Å². The summed E-state index contributed by atoms with van der Waals surface area (Å²) in [4.78, 5) is 26.4. The number of rotatable bonds is 3. The maximum atomic E-state index is 11.3. The van der Waals surface area contributed by atoms with Gasteiger partial charge in [0.15, 0.2) is 11.5 Å². The fraction of sp³-hybridized carbons (Fsp3) is 0.312. The first-order chi connectivity index (χ1) is 12.5.